The molecule has 1 aromatic heterocycles. The van der Waals surface area contributed by atoms with E-state index in [2.05, 4.69) is 15.6 Å². The summed E-state index contributed by atoms with van der Waals surface area (Å²) in [6.07, 6.45) is -3.46. The number of hydrogen-bond donors (Lipinski definition) is 2. The Kier molecular flexibility index (Phi) is 5.94. The first-order valence-corrected chi connectivity index (χ1v) is 8.69. The van der Waals surface area contributed by atoms with Crippen LogP contribution in [0.2, 0.25) is 5.02 Å². The van der Waals surface area contributed by atoms with E-state index in [1.807, 2.05) is 0 Å². The van der Waals surface area contributed by atoms with E-state index in [1.54, 1.807) is 20.8 Å². The molecule has 0 saturated carbocycles. The van der Waals surface area contributed by atoms with Crippen LogP contribution in [0.1, 0.15) is 44.5 Å². The number of carbonyl (C=O) groups is 1. The lowest BCUT2D eigenvalue weighted by molar-refractivity contribution is -0.137. The number of alkyl halides is 3. The van der Waals surface area contributed by atoms with Gasteiger partial charge in [0, 0.05) is 11.7 Å². The van der Waals surface area contributed by atoms with Crippen molar-refractivity contribution in [1.29, 1.82) is 0 Å². The molecular formula is C19H20ClF4N3O. The second-order valence-corrected chi connectivity index (χ2v) is 7.98. The van der Waals surface area contributed by atoms with Crippen LogP contribution >= 0.6 is 11.6 Å². The minimum absolute atomic E-state index is 0.112. The molecule has 2 rings (SSSR count). The Balaban J connectivity index is 2.60. The molecule has 9 heteroatoms. The van der Waals surface area contributed by atoms with E-state index >= 15 is 0 Å². The van der Waals surface area contributed by atoms with Crippen molar-refractivity contribution in [3.63, 3.8) is 0 Å². The lowest BCUT2D eigenvalue weighted by Crippen LogP contribution is -2.53. The van der Waals surface area contributed by atoms with Crippen LogP contribution < -0.4 is 10.6 Å². The molecule has 0 bridgehead atoms. The third-order valence-corrected chi connectivity index (χ3v) is 4.12. The normalized spacial score (nSPS) is 14.3. The van der Waals surface area contributed by atoms with E-state index in [-0.39, 0.29) is 11.3 Å². The average Bonchev–Trinajstić information content (AvgIpc) is 2.52. The number of aromatic nitrogens is 1. The fourth-order valence-corrected chi connectivity index (χ4v) is 2.71. The second kappa shape index (κ2) is 7.58. The van der Waals surface area contributed by atoms with Crippen molar-refractivity contribution in [2.45, 2.75) is 44.9 Å². The Morgan fingerprint density at radius 2 is 1.61 bits per heavy atom. The van der Waals surface area contributed by atoms with Gasteiger partial charge in [0.25, 0.3) is 0 Å². The van der Waals surface area contributed by atoms with Crippen LogP contribution in [-0.4, -0.2) is 16.6 Å². The molecular weight excluding hydrogens is 398 g/mol. The molecule has 0 aliphatic heterocycles. The zero-order valence-electron chi connectivity index (χ0n) is 15.7. The van der Waals surface area contributed by atoms with Crippen molar-refractivity contribution in [2.24, 2.45) is 0 Å². The number of benzene rings is 1. The molecule has 0 saturated heterocycles. The third kappa shape index (κ3) is 5.34. The topological polar surface area (TPSA) is 54.0 Å². The monoisotopic (exact) mass is 417 g/mol. The van der Waals surface area contributed by atoms with E-state index < -0.39 is 34.7 Å². The van der Waals surface area contributed by atoms with Crippen molar-refractivity contribution in [2.75, 3.05) is 0 Å². The Hall–Kier alpha value is -2.35. The first kappa shape index (κ1) is 21.9. The predicted molar refractivity (Wildman–Crippen MR) is 98.5 cm³/mol. The summed E-state index contributed by atoms with van der Waals surface area (Å²) in [6.45, 7) is 6.68. The number of halogens is 5. The predicted octanol–water partition coefficient (Wildman–Crippen LogP) is 5.25. The maximum Gasteiger partial charge on any atom is 0.416 e. The fourth-order valence-electron chi connectivity index (χ4n) is 2.60. The number of nitrogens with one attached hydrogen (secondary N) is 2. The molecule has 1 atom stereocenters. The maximum absolute atomic E-state index is 14.0. The Bertz CT molecular complexity index is 863. The number of rotatable bonds is 3. The van der Waals surface area contributed by atoms with Crippen LogP contribution in [0.25, 0.3) is 0 Å². The smallest absolute Gasteiger partial charge is 0.334 e. The van der Waals surface area contributed by atoms with Gasteiger partial charge in [-0.15, -0.1) is 0 Å². The molecule has 1 heterocycles. The molecule has 152 valence electrons. The summed E-state index contributed by atoms with van der Waals surface area (Å²) in [5, 5.41) is 5.59. The summed E-state index contributed by atoms with van der Waals surface area (Å²) in [7, 11) is 0. The summed E-state index contributed by atoms with van der Waals surface area (Å²) in [6, 6.07) is 4.41. The zero-order valence-corrected chi connectivity index (χ0v) is 16.5. The lowest BCUT2D eigenvalue weighted by Gasteiger charge is -2.33. The minimum atomic E-state index is -4.75. The molecule has 0 radical (unpaired) electrons. The quantitative estimate of drug-likeness (QED) is 0.670. The van der Waals surface area contributed by atoms with E-state index in [9.17, 15) is 22.4 Å². The van der Waals surface area contributed by atoms with Crippen molar-refractivity contribution in [3.05, 3.63) is 64.2 Å². The number of urea groups is 1. The first-order valence-electron chi connectivity index (χ1n) is 8.31. The van der Waals surface area contributed by atoms with Gasteiger partial charge in [-0.05, 0) is 63.6 Å². The summed E-state index contributed by atoms with van der Waals surface area (Å²) in [4.78, 5) is 16.6. The van der Waals surface area contributed by atoms with Crippen molar-refractivity contribution < 1.29 is 22.4 Å². The number of amides is 2. The largest absolute Gasteiger partial charge is 0.416 e. The average molecular weight is 418 g/mol. The Morgan fingerprint density at radius 1 is 1.00 bits per heavy atom. The maximum atomic E-state index is 14.0. The Labute approximate surface area is 165 Å². The molecule has 0 spiro atoms. The van der Waals surface area contributed by atoms with Gasteiger partial charge in [0.15, 0.2) is 0 Å². The summed E-state index contributed by atoms with van der Waals surface area (Å²) in [5.41, 5.74) is -3.24. The first-order chi connectivity index (χ1) is 12.7. The molecule has 4 nitrogen and oxygen atoms in total. The SMILES string of the molecule is CC(C)(C)NC(=O)NC(C)(c1cc(F)cc(C(F)(F)F)c1)c1ccc(Cl)cn1. The molecule has 28 heavy (non-hydrogen) atoms. The molecule has 1 unspecified atom stereocenters. The summed E-state index contributed by atoms with van der Waals surface area (Å²) < 4.78 is 53.5. The van der Waals surface area contributed by atoms with Crippen molar-refractivity contribution >= 4 is 17.6 Å². The van der Waals surface area contributed by atoms with E-state index in [0.29, 0.717) is 11.1 Å². The molecule has 2 aromatic rings. The van der Waals surface area contributed by atoms with Crippen LogP contribution in [0.5, 0.6) is 0 Å². The summed E-state index contributed by atoms with van der Waals surface area (Å²) >= 11 is 5.84. The van der Waals surface area contributed by atoms with Crippen LogP contribution in [-0.2, 0) is 11.7 Å². The highest BCUT2D eigenvalue weighted by Gasteiger charge is 2.37. The van der Waals surface area contributed by atoms with E-state index in [4.69, 9.17) is 11.6 Å². The lowest BCUT2D eigenvalue weighted by atomic mass is 9.86. The molecule has 2 amide bonds. The van der Waals surface area contributed by atoms with Gasteiger partial charge in [0.05, 0.1) is 16.3 Å². The van der Waals surface area contributed by atoms with Crippen LogP contribution in [0.15, 0.2) is 36.5 Å². The van der Waals surface area contributed by atoms with Crippen molar-refractivity contribution in [3.8, 4) is 0 Å². The second-order valence-electron chi connectivity index (χ2n) is 7.54. The molecule has 0 fully saturated rings. The fraction of sp³-hybridized carbons (Fsp3) is 0.368. The standard InChI is InChI=1S/C19H20ClF4N3O/c1-17(2,3)26-16(28)27-18(4,15-6-5-13(20)10-25-15)11-7-12(19(22,23)24)9-14(21)8-11/h5-10H,1-4H3,(H2,26,27,28). The van der Waals surface area contributed by atoms with Gasteiger partial charge in [-0.2, -0.15) is 13.2 Å². The highest BCUT2D eigenvalue weighted by molar-refractivity contribution is 6.30. The number of hydrogen-bond acceptors (Lipinski definition) is 2. The zero-order chi connectivity index (χ0) is 21.3. The van der Waals surface area contributed by atoms with Gasteiger partial charge in [-0.3, -0.25) is 4.98 Å². The number of pyridine rings is 1. The van der Waals surface area contributed by atoms with Crippen LogP contribution in [0.3, 0.4) is 0 Å². The number of carbonyl (C=O) groups excluding carboxylic acids is 1. The molecule has 0 aliphatic rings. The molecule has 2 N–H and O–H groups in total. The highest BCUT2D eigenvalue weighted by atomic mass is 35.5. The highest BCUT2D eigenvalue weighted by Crippen LogP contribution is 2.35. The summed E-state index contributed by atoms with van der Waals surface area (Å²) in [5.74, 6) is -1.08. The Morgan fingerprint density at radius 3 is 2.11 bits per heavy atom. The van der Waals surface area contributed by atoms with Gasteiger partial charge in [0.1, 0.15) is 11.4 Å². The minimum Gasteiger partial charge on any atom is -0.334 e. The van der Waals surface area contributed by atoms with E-state index in [0.717, 1.165) is 12.1 Å². The van der Waals surface area contributed by atoms with Gasteiger partial charge >= 0.3 is 12.2 Å². The van der Waals surface area contributed by atoms with E-state index in [1.165, 1.54) is 25.3 Å². The molecule has 1 aromatic carbocycles. The van der Waals surface area contributed by atoms with Crippen molar-refractivity contribution in [1.82, 2.24) is 15.6 Å². The van der Waals surface area contributed by atoms with Gasteiger partial charge in [-0.1, -0.05) is 11.6 Å². The van der Waals surface area contributed by atoms with Gasteiger partial charge in [0.2, 0.25) is 0 Å². The number of nitrogens with zero attached hydrogens (tertiary/aromatic N) is 1. The van der Waals surface area contributed by atoms with Crippen LogP contribution in [0.4, 0.5) is 22.4 Å². The third-order valence-electron chi connectivity index (χ3n) is 3.89. The van der Waals surface area contributed by atoms with Gasteiger partial charge < -0.3 is 10.6 Å². The van der Waals surface area contributed by atoms with Gasteiger partial charge in [-0.25, -0.2) is 9.18 Å². The molecule has 0 aliphatic carbocycles. The van der Waals surface area contributed by atoms with Crippen LogP contribution in [0, 0.1) is 5.82 Å².